The number of anilines is 1. The summed E-state index contributed by atoms with van der Waals surface area (Å²) in [5.41, 5.74) is 2.54. The molecule has 26 heavy (non-hydrogen) atoms. The van der Waals surface area contributed by atoms with E-state index >= 15 is 0 Å². The van der Waals surface area contributed by atoms with Gasteiger partial charge in [0.1, 0.15) is 9.88 Å². The molecule has 2 amide bonds. The smallest absolute Gasteiger partial charge is 0.267 e. The fraction of sp³-hybridized carbons (Fsp3) is 0.105. The van der Waals surface area contributed by atoms with E-state index in [1.165, 1.54) is 11.3 Å². The Morgan fingerprint density at radius 3 is 2.58 bits per heavy atom. The Labute approximate surface area is 160 Å². The van der Waals surface area contributed by atoms with Gasteiger partial charge < -0.3 is 10.6 Å². The minimum absolute atomic E-state index is 0.210. The van der Waals surface area contributed by atoms with E-state index in [1.807, 2.05) is 18.2 Å². The van der Waals surface area contributed by atoms with Crippen molar-refractivity contribution in [2.75, 3.05) is 12.4 Å². The molecule has 0 fully saturated rings. The predicted molar refractivity (Wildman–Crippen MR) is 105 cm³/mol. The van der Waals surface area contributed by atoms with E-state index in [9.17, 15) is 9.59 Å². The summed E-state index contributed by atoms with van der Waals surface area (Å²) in [6, 6.07) is 14.1. The number of rotatable bonds is 4. The van der Waals surface area contributed by atoms with Gasteiger partial charge in [0.2, 0.25) is 0 Å². The second kappa shape index (κ2) is 7.68. The third-order valence-electron chi connectivity index (χ3n) is 3.68. The van der Waals surface area contributed by atoms with Gasteiger partial charge in [-0.2, -0.15) is 0 Å². The zero-order valence-electron chi connectivity index (χ0n) is 14.2. The molecule has 0 aliphatic carbocycles. The van der Waals surface area contributed by atoms with E-state index in [4.69, 9.17) is 11.6 Å². The van der Waals surface area contributed by atoms with Crippen LogP contribution >= 0.6 is 22.9 Å². The van der Waals surface area contributed by atoms with E-state index in [1.54, 1.807) is 44.3 Å². The van der Waals surface area contributed by atoms with E-state index in [-0.39, 0.29) is 11.8 Å². The summed E-state index contributed by atoms with van der Waals surface area (Å²) in [4.78, 5) is 29.3. The number of halogens is 1. The second-order valence-electron chi connectivity index (χ2n) is 5.56. The maximum atomic E-state index is 12.6. The first-order chi connectivity index (χ1) is 12.5. The lowest BCUT2D eigenvalue weighted by atomic mass is 10.2. The second-order valence-corrected chi connectivity index (χ2v) is 6.99. The molecule has 2 N–H and O–H groups in total. The fourth-order valence-electron chi connectivity index (χ4n) is 2.42. The van der Waals surface area contributed by atoms with Crippen LogP contribution in [0.1, 0.15) is 25.7 Å². The first kappa shape index (κ1) is 18.1. The molecule has 2 aromatic carbocycles. The predicted octanol–water partition coefficient (Wildman–Crippen LogP) is 4.38. The SMILES string of the molecule is CNC(=O)c1cccc(NC(=O)c2sc(-c3cccc(Cl)c3)nc2C)c1. The maximum absolute atomic E-state index is 12.6. The number of carbonyl (C=O) groups excluding carboxylic acids is 2. The summed E-state index contributed by atoms with van der Waals surface area (Å²) >= 11 is 7.33. The quantitative estimate of drug-likeness (QED) is 0.699. The number of benzene rings is 2. The van der Waals surface area contributed by atoms with Crippen LogP contribution in [0.5, 0.6) is 0 Å². The molecular formula is C19H16ClN3O2S. The average Bonchev–Trinajstić information content (AvgIpc) is 3.03. The molecule has 3 aromatic rings. The molecule has 0 saturated carbocycles. The standard InChI is InChI=1S/C19H16ClN3O2S/c1-11-16(26-19(22-11)13-6-3-7-14(20)9-13)18(25)23-15-8-4-5-12(10-15)17(24)21-2/h3-10H,1-2H3,(H,21,24)(H,23,25). The van der Waals surface area contributed by atoms with Crippen LogP contribution in [0.15, 0.2) is 48.5 Å². The first-order valence-corrected chi connectivity index (χ1v) is 9.04. The molecule has 3 rings (SSSR count). The zero-order valence-corrected chi connectivity index (χ0v) is 15.7. The highest BCUT2D eigenvalue weighted by molar-refractivity contribution is 7.17. The van der Waals surface area contributed by atoms with Gasteiger partial charge >= 0.3 is 0 Å². The van der Waals surface area contributed by atoms with Crippen LogP contribution < -0.4 is 10.6 Å². The zero-order chi connectivity index (χ0) is 18.7. The van der Waals surface area contributed by atoms with Gasteiger partial charge in [0, 0.05) is 28.9 Å². The number of carbonyl (C=O) groups is 2. The summed E-state index contributed by atoms with van der Waals surface area (Å²) in [6.07, 6.45) is 0. The Balaban J connectivity index is 1.84. The van der Waals surface area contributed by atoms with Gasteiger partial charge in [0.25, 0.3) is 11.8 Å². The topological polar surface area (TPSA) is 71.1 Å². The lowest BCUT2D eigenvalue weighted by molar-refractivity contribution is 0.0961. The fourth-order valence-corrected chi connectivity index (χ4v) is 3.57. The summed E-state index contributed by atoms with van der Waals surface area (Å²) in [5.74, 6) is -0.472. The van der Waals surface area contributed by atoms with Crippen LogP contribution in [-0.4, -0.2) is 23.8 Å². The Morgan fingerprint density at radius 2 is 1.85 bits per heavy atom. The Hall–Kier alpha value is -2.70. The van der Waals surface area contributed by atoms with E-state index in [0.717, 1.165) is 10.6 Å². The lowest BCUT2D eigenvalue weighted by Crippen LogP contribution is -2.18. The Morgan fingerprint density at radius 1 is 1.08 bits per heavy atom. The number of aromatic nitrogens is 1. The number of nitrogens with zero attached hydrogens (tertiary/aromatic N) is 1. The first-order valence-electron chi connectivity index (χ1n) is 7.85. The number of aryl methyl sites for hydroxylation is 1. The summed E-state index contributed by atoms with van der Waals surface area (Å²) in [7, 11) is 1.56. The molecule has 132 valence electrons. The van der Waals surface area contributed by atoms with Gasteiger partial charge in [-0.3, -0.25) is 9.59 Å². The highest BCUT2D eigenvalue weighted by atomic mass is 35.5. The molecule has 0 radical (unpaired) electrons. The molecule has 0 bridgehead atoms. The molecule has 1 heterocycles. The third-order valence-corrected chi connectivity index (χ3v) is 5.12. The van der Waals surface area contributed by atoms with Gasteiger partial charge in [0.15, 0.2) is 0 Å². The molecule has 5 nitrogen and oxygen atoms in total. The van der Waals surface area contributed by atoms with Crippen molar-refractivity contribution in [3.63, 3.8) is 0 Å². The van der Waals surface area contributed by atoms with Crippen molar-refractivity contribution in [2.24, 2.45) is 0 Å². The minimum atomic E-state index is -0.262. The van der Waals surface area contributed by atoms with Gasteiger partial charge in [-0.25, -0.2) is 4.98 Å². The molecule has 0 saturated heterocycles. The normalized spacial score (nSPS) is 10.4. The van der Waals surface area contributed by atoms with Crippen LogP contribution in [0, 0.1) is 6.92 Å². The molecular weight excluding hydrogens is 370 g/mol. The Kier molecular flexibility index (Phi) is 5.35. The number of hydrogen-bond acceptors (Lipinski definition) is 4. The van der Waals surface area contributed by atoms with Gasteiger partial charge in [-0.15, -0.1) is 11.3 Å². The highest BCUT2D eigenvalue weighted by Crippen LogP contribution is 2.30. The van der Waals surface area contributed by atoms with Crippen molar-refractivity contribution in [2.45, 2.75) is 6.92 Å². The number of hydrogen-bond donors (Lipinski definition) is 2. The van der Waals surface area contributed by atoms with E-state index in [0.29, 0.717) is 26.8 Å². The highest BCUT2D eigenvalue weighted by Gasteiger charge is 2.17. The largest absolute Gasteiger partial charge is 0.355 e. The van der Waals surface area contributed by atoms with Crippen LogP contribution in [0.2, 0.25) is 5.02 Å². The van der Waals surface area contributed by atoms with Crippen LogP contribution in [0.4, 0.5) is 5.69 Å². The minimum Gasteiger partial charge on any atom is -0.355 e. The van der Waals surface area contributed by atoms with Crippen molar-refractivity contribution in [1.82, 2.24) is 10.3 Å². The Bertz CT molecular complexity index is 984. The van der Waals surface area contributed by atoms with E-state index < -0.39 is 0 Å². The molecule has 0 spiro atoms. The number of thiazole rings is 1. The van der Waals surface area contributed by atoms with Crippen LogP contribution in [-0.2, 0) is 0 Å². The van der Waals surface area contributed by atoms with Crippen molar-refractivity contribution in [1.29, 1.82) is 0 Å². The van der Waals surface area contributed by atoms with Crippen LogP contribution in [0.25, 0.3) is 10.6 Å². The molecule has 0 aliphatic heterocycles. The van der Waals surface area contributed by atoms with Gasteiger partial charge in [-0.05, 0) is 37.3 Å². The maximum Gasteiger partial charge on any atom is 0.267 e. The molecule has 1 aromatic heterocycles. The summed E-state index contributed by atoms with van der Waals surface area (Å²) in [6.45, 7) is 1.79. The average molecular weight is 386 g/mol. The summed E-state index contributed by atoms with van der Waals surface area (Å²) < 4.78 is 0. The van der Waals surface area contributed by atoms with Crippen LogP contribution in [0.3, 0.4) is 0 Å². The molecule has 0 atom stereocenters. The van der Waals surface area contributed by atoms with Crippen molar-refractivity contribution >= 4 is 40.4 Å². The van der Waals surface area contributed by atoms with E-state index in [2.05, 4.69) is 15.6 Å². The van der Waals surface area contributed by atoms with Crippen molar-refractivity contribution < 1.29 is 9.59 Å². The number of amides is 2. The van der Waals surface area contributed by atoms with Crippen molar-refractivity contribution in [3.05, 3.63) is 69.7 Å². The monoisotopic (exact) mass is 385 g/mol. The van der Waals surface area contributed by atoms with Crippen molar-refractivity contribution in [3.8, 4) is 10.6 Å². The molecule has 7 heteroatoms. The third kappa shape index (κ3) is 3.92. The lowest BCUT2D eigenvalue weighted by Gasteiger charge is -2.06. The molecule has 0 unspecified atom stereocenters. The summed E-state index contributed by atoms with van der Waals surface area (Å²) in [5, 5.41) is 6.73. The number of nitrogens with one attached hydrogen (secondary N) is 2. The van der Waals surface area contributed by atoms with Gasteiger partial charge in [-0.1, -0.05) is 29.8 Å². The molecule has 0 aliphatic rings. The van der Waals surface area contributed by atoms with Gasteiger partial charge in [0.05, 0.1) is 5.69 Å².